The van der Waals surface area contributed by atoms with Gasteiger partial charge in [0.25, 0.3) is 0 Å². The molecule has 0 radical (unpaired) electrons. The highest BCUT2D eigenvalue weighted by atomic mass is 19.1. The molecule has 0 spiro atoms. The van der Waals surface area contributed by atoms with E-state index in [1.165, 1.54) is 18.2 Å². The van der Waals surface area contributed by atoms with Crippen molar-refractivity contribution in [2.24, 2.45) is 0 Å². The van der Waals surface area contributed by atoms with Crippen LogP contribution in [0, 0.1) is 5.82 Å². The van der Waals surface area contributed by atoms with Gasteiger partial charge in [-0.05, 0) is 48.0 Å². The van der Waals surface area contributed by atoms with Crippen LogP contribution in [-0.2, 0) is 0 Å². The zero-order valence-corrected chi connectivity index (χ0v) is 10.5. The summed E-state index contributed by atoms with van der Waals surface area (Å²) in [4.78, 5) is 11.9. The van der Waals surface area contributed by atoms with Crippen molar-refractivity contribution >= 4 is 11.9 Å². The number of benzene rings is 2. The summed E-state index contributed by atoms with van der Waals surface area (Å²) < 4.78 is 18.0. The van der Waals surface area contributed by atoms with Gasteiger partial charge in [-0.2, -0.15) is 0 Å². The molecule has 0 aliphatic rings. The molecule has 19 heavy (non-hydrogen) atoms. The average Bonchev–Trinajstić information content (AvgIpc) is 2.45. The minimum absolute atomic E-state index is 0.132. The molecule has 0 bridgehead atoms. The Morgan fingerprint density at radius 3 is 2.53 bits per heavy atom. The summed E-state index contributed by atoms with van der Waals surface area (Å²) in [6.45, 7) is 0. The van der Waals surface area contributed by atoms with Crippen LogP contribution in [0.3, 0.4) is 0 Å². The second-order valence-corrected chi connectivity index (χ2v) is 3.98. The molecule has 0 aliphatic heterocycles. The number of ether oxygens (including phenoxy) is 1. The number of ketones is 1. The fraction of sp³-hybridized carbons (Fsp3) is 0.0625. The summed E-state index contributed by atoms with van der Waals surface area (Å²) in [6.07, 6.45) is 3.02. The molecular weight excluding hydrogens is 243 g/mol. The van der Waals surface area contributed by atoms with Crippen LogP contribution in [0.1, 0.15) is 15.9 Å². The van der Waals surface area contributed by atoms with Crippen LogP contribution in [-0.4, -0.2) is 12.9 Å². The van der Waals surface area contributed by atoms with Gasteiger partial charge in [-0.25, -0.2) is 4.39 Å². The molecule has 0 saturated heterocycles. The molecule has 2 rings (SSSR count). The lowest BCUT2D eigenvalue weighted by atomic mass is 10.1. The Labute approximate surface area is 111 Å². The highest BCUT2D eigenvalue weighted by Gasteiger charge is 2.01. The van der Waals surface area contributed by atoms with Crippen molar-refractivity contribution in [3.05, 3.63) is 71.6 Å². The van der Waals surface area contributed by atoms with Crippen LogP contribution in [0.15, 0.2) is 54.6 Å². The average molecular weight is 256 g/mol. The SMILES string of the molecule is COc1ccc(C(=O)C=Cc2cccc(F)c2)cc1. The van der Waals surface area contributed by atoms with Crippen LogP contribution in [0.2, 0.25) is 0 Å². The molecule has 0 aromatic heterocycles. The molecule has 3 heteroatoms. The van der Waals surface area contributed by atoms with E-state index in [9.17, 15) is 9.18 Å². The minimum Gasteiger partial charge on any atom is -0.497 e. The first-order valence-electron chi connectivity index (χ1n) is 5.81. The zero-order chi connectivity index (χ0) is 13.7. The van der Waals surface area contributed by atoms with Gasteiger partial charge in [-0.15, -0.1) is 0 Å². The molecule has 0 atom stereocenters. The third-order valence-electron chi connectivity index (χ3n) is 2.65. The maximum Gasteiger partial charge on any atom is 0.185 e. The Kier molecular flexibility index (Phi) is 4.08. The smallest absolute Gasteiger partial charge is 0.185 e. The molecule has 0 N–H and O–H groups in total. The Morgan fingerprint density at radius 1 is 1.16 bits per heavy atom. The lowest BCUT2D eigenvalue weighted by Crippen LogP contribution is -1.94. The molecule has 0 fully saturated rings. The summed E-state index contributed by atoms with van der Waals surface area (Å²) in [5.41, 5.74) is 1.22. The summed E-state index contributed by atoms with van der Waals surface area (Å²) in [5, 5.41) is 0. The first-order valence-corrected chi connectivity index (χ1v) is 5.81. The summed E-state index contributed by atoms with van der Waals surface area (Å²) in [7, 11) is 1.57. The Hall–Kier alpha value is -2.42. The van der Waals surface area contributed by atoms with E-state index in [4.69, 9.17) is 4.74 Å². The standard InChI is InChI=1S/C16H13FO2/c1-19-15-8-6-13(7-9-15)16(18)10-5-12-3-2-4-14(17)11-12/h2-11H,1H3. The Balaban J connectivity index is 2.11. The minimum atomic E-state index is -0.320. The van der Waals surface area contributed by atoms with E-state index in [2.05, 4.69) is 0 Å². The van der Waals surface area contributed by atoms with Gasteiger partial charge in [0.1, 0.15) is 11.6 Å². The number of hydrogen-bond donors (Lipinski definition) is 0. The lowest BCUT2D eigenvalue weighted by molar-refractivity contribution is 0.104. The third-order valence-corrected chi connectivity index (χ3v) is 2.65. The van der Waals surface area contributed by atoms with Crippen molar-refractivity contribution in [3.8, 4) is 5.75 Å². The zero-order valence-electron chi connectivity index (χ0n) is 10.5. The number of allylic oxidation sites excluding steroid dienone is 1. The van der Waals surface area contributed by atoms with Crippen molar-refractivity contribution in [1.29, 1.82) is 0 Å². The number of carbonyl (C=O) groups excluding carboxylic acids is 1. The van der Waals surface area contributed by atoms with Crippen molar-refractivity contribution < 1.29 is 13.9 Å². The Morgan fingerprint density at radius 2 is 1.89 bits per heavy atom. The van der Waals surface area contributed by atoms with Crippen LogP contribution in [0.4, 0.5) is 4.39 Å². The molecule has 96 valence electrons. The topological polar surface area (TPSA) is 26.3 Å². The summed E-state index contributed by atoms with van der Waals surface area (Å²) in [6, 6.07) is 12.9. The third kappa shape index (κ3) is 3.52. The van der Waals surface area contributed by atoms with Gasteiger partial charge in [-0.3, -0.25) is 4.79 Å². The fourth-order valence-corrected chi connectivity index (χ4v) is 1.63. The van der Waals surface area contributed by atoms with Crippen molar-refractivity contribution in [2.75, 3.05) is 7.11 Å². The van der Waals surface area contributed by atoms with Gasteiger partial charge in [0.05, 0.1) is 7.11 Å². The Bertz CT molecular complexity index is 600. The molecule has 2 nitrogen and oxygen atoms in total. The number of rotatable bonds is 4. The monoisotopic (exact) mass is 256 g/mol. The van der Waals surface area contributed by atoms with E-state index in [0.717, 1.165) is 0 Å². The van der Waals surface area contributed by atoms with E-state index in [1.54, 1.807) is 49.6 Å². The maximum atomic E-state index is 13.0. The largest absolute Gasteiger partial charge is 0.497 e. The molecule has 0 amide bonds. The lowest BCUT2D eigenvalue weighted by Gasteiger charge is -2.00. The maximum absolute atomic E-state index is 13.0. The molecule has 2 aromatic carbocycles. The molecule has 0 saturated carbocycles. The number of carbonyl (C=O) groups is 1. The van der Waals surface area contributed by atoms with E-state index in [-0.39, 0.29) is 11.6 Å². The first-order chi connectivity index (χ1) is 9.19. The molecule has 0 unspecified atom stereocenters. The van der Waals surface area contributed by atoms with Gasteiger partial charge in [0, 0.05) is 5.56 Å². The van der Waals surface area contributed by atoms with Gasteiger partial charge in [0.2, 0.25) is 0 Å². The molecule has 0 heterocycles. The number of hydrogen-bond acceptors (Lipinski definition) is 2. The molecule has 2 aromatic rings. The fourth-order valence-electron chi connectivity index (χ4n) is 1.63. The number of methoxy groups -OCH3 is 1. The van der Waals surface area contributed by atoms with Crippen molar-refractivity contribution in [2.45, 2.75) is 0 Å². The highest BCUT2D eigenvalue weighted by Crippen LogP contribution is 2.13. The normalized spacial score (nSPS) is 10.6. The van der Waals surface area contributed by atoms with Crippen molar-refractivity contribution in [3.63, 3.8) is 0 Å². The van der Waals surface area contributed by atoms with Crippen LogP contribution in [0.25, 0.3) is 6.08 Å². The van der Waals surface area contributed by atoms with E-state index < -0.39 is 0 Å². The van der Waals surface area contributed by atoms with Crippen molar-refractivity contribution in [1.82, 2.24) is 0 Å². The summed E-state index contributed by atoms with van der Waals surface area (Å²) >= 11 is 0. The van der Waals surface area contributed by atoms with Gasteiger partial charge < -0.3 is 4.74 Å². The van der Waals surface area contributed by atoms with Gasteiger partial charge in [0.15, 0.2) is 5.78 Å². The summed E-state index contributed by atoms with van der Waals surface area (Å²) in [5.74, 6) is 0.247. The number of halogens is 1. The quantitative estimate of drug-likeness (QED) is 0.615. The van der Waals surface area contributed by atoms with Crippen LogP contribution < -0.4 is 4.74 Å². The predicted molar refractivity (Wildman–Crippen MR) is 72.8 cm³/mol. The van der Waals surface area contributed by atoms with Crippen LogP contribution in [0.5, 0.6) is 5.75 Å². The van der Waals surface area contributed by atoms with E-state index in [0.29, 0.717) is 16.9 Å². The predicted octanol–water partition coefficient (Wildman–Crippen LogP) is 3.73. The molecule has 0 aliphatic carbocycles. The highest BCUT2D eigenvalue weighted by molar-refractivity contribution is 6.06. The van der Waals surface area contributed by atoms with Crippen LogP contribution >= 0.6 is 0 Å². The van der Waals surface area contributed by atoms with Gasteiger partial charge in [-0.1, -0.05) is 18.2 Å². The second-order valence-electron chi connectivity index (χ2n) is 3.98. The van der Waals surface area contributed by atoms with E-state index >= 15 is 0 Å². The van der Waals surface area contributed by atoms with Gasteiger partial charge >= 0.3 is 0 Å². The first kappa shape index (κ1) is 13.0. The molecular formula is C16H13FO2. The second kappa shape index (κ2) is 5.96. The van der Waals surface area contributed by atoms with E-state index in [1.807, 2.05) is 0 Å².